The maximum atomic E-state index is 11.8. The molecule has 0 atom stereocenters. The van der Waals surface area contributed by atoms with Gasteiger partial charge in [0.25, 0.3) is 0 Å². The van der Waals surface area contributed by atoms with Crippen LogP contribution in [0, 0.1) is 0 Å². The van der Waals surface area contributed by atoms with E-state index in [4.69, 9.17) is 22.1 Å². The lowest BCUT2D eigenvalue weighted by atomic mass is 10.3. The van der Waals surface area contributed by atoms with E-state index in [1.54, 1.807) is 39.0 Å². The highest BCUT2D eigenvalue weighted by Crippen LogP contribution is 2.24. The third kappa shape index (κ3) is 3.78. The Labute approximate surface area is 113 Å². The fourth-order valence-electron chi connectivity index (χ4n) is 1.17. The molecule has 1 aromatic carbocycles. The average Bonchev–Trinajstić information content (AvgIpc) is 2.21. The smallest absolute Gasteiger partial charge is 0.158 e. The Bertz CT molecular complexity index is 521. The van der Waals surface area contributed by atoms with Gasteiger partial charge in [0, 0.05) is 6.07 Å². The molecule has 0 spiro atoms. The standard InChI is InChI=1S/C12H18ClNO3S/c1-12(2,3)18(15,16)7-6-17-9-4-5-11(14)10(13)8-9/h4-5,8H,6-7,14H2,1-3H3. The molecule has 0 aliphatic carbocycles. The average molecular weight is 292 g/mol. The number of hydrogen-bond acceptors (Lipinski definition) is 4. The van der Waals surface area contributed by atoms with Crippen LogP contribution in [0.4, 0.5) is 5.69 Å². The van der Waals surface area contributed by atoms with Crippen LogP contribution in [0.25, 0.3) is 0 Å². The van der Waals surface area contributed by atoms with E-state index in [0.29, 0.717) is 16.5 Å². The topological polar surface area (TPSA) is 69.4 Å². The molecule has 0 unspecified atom stereocenters. The third-order valence-corrected chi connectivity index (χ3v) is 5.42. The predicted molar refractivity (Wildman–Crippen MR) is 74.9 cm³/mol. The molecule has 0 aromatic heterocycles. The minimum atomic E-state index is -3.17. The van der Waals surface area contributed by atoms with E-state index in [1.807, 2.05) is 0 Å². The Kier molecular flexibility index (Phi) is 4.50. The molecule has 0 amide bonds. The van der Waals surface area contributed by atoms with Crippen LogP contribution in [0.2, 0.25) is 5.02 Å². The zero-order valence-corrected chi connectivity index (χ0v) is 12.3. The lowest BCUT2D eigenvalue weighted by molar-refractivity contribution is 0.340. The van der Waals surface area contributed by atoms with Gasteiger partial charge >= 0.3 is 0 Å². The Balaban J connectivity index is 2.60. The molecular formula is C12H18ClNO3S. The summed E-state index contributed by atoms with van der Waals surface area (Å²) in [5.41, 5.74) is 6.02. The summed E-state index contributed by atoms with van der Waals surface area (Å²) in [6.07, 6.45) is 0. The number of nitrogen functional groups attached to an aromatic ring is 1. The minimum absolute atomic E-state index is 0.0293. The van der Waals surface area contributed by atoms with Gasteiger partial charge in [0.2, 0.25) is 0 Å². The van der Waals surface area contributed by atoms with Gasteiger partial charge in [-0.15, -0.1) is 0 Å². The minimum Gasteiger partial charge on any atom is -0.492 e. The second-order valence-corrected chi connectivity index (χ2v) is 8.23. The molecule has 0 aliphatic heterocycles. The Morgan fingerprint density at radius 1 is 1.33 bits per heavy atom. The number of halogens is 1. The number of sulfone groups is 1. The highest BCUT2D eigenvalue weighted by Gasteiger charge is 2.28. The molecule has 0 radical (unpaired) electrons. The molecular weight excluding hydrogens is 274 g/mol. The summed E-state index contributed by atoms with van der Waals surface area (Å²) < 4.78 is 28.3. The molecule has 0 bridgehead atoms. The monoisotopic (exact) mass is 291 g/mol. The summed E-state index contributed by atoms with van der Waals surface area (Å²) in [4.78, 5) is 0. The molecule has 0 saturated carbocycles. The molecule has 4 nitrogen and oxygen atoms in total. The van der Waals surface area contributed by atoms with E-state index in [2.05, 4.69) is 0 Å². The number of rotatable bonds is 4. The van der Waals surface area contributed by atoms with Crippen LogP contribution in [0.1, 0.15) is 20.8 Å². The quantitative estimate of drug-likeness (QED) is 0.866. The summed E-state index contributed by atoms with van der Waals surface area (Å²) in [5, 5.41) is 0.395. The van der Waals surface area contributed by atoms with Crippen LogP contribution in [0.3, 0.4) is 0 Å². The zero-order valence-electron chi connectivity index (χ0n) is 10.7. The number of benzene rings is 1. The third-order valence-electron chi connectivity index (χ3n) is 2.53. The van der Waals surface area contributed by atoms with Gasteiger partial charge in [-0.3, -0.25) is 0 Å². The molecule has 0 saturated heterocycles. The number of hydrogen-bond donors (Lipinski definition) is 1. The maximum Gasteiger partial charge on any atom is 0.158 e. The van der Waals surface area contributed by atoms with Gasteiger partial charge in [-0.05, 0) is 32.9 Å². The van der Waals surface area contributed by atoms with Crippen LogP contribution in [0.15, 0.2) is 18.2 Å². The SMILES string of the molecule is CC(C)(C)S(=O)(=O)CCOc1ccc(N)c(Cl)c1. The fraction of sp³-hybridized carbons (Fsp3) is 0.500. The van der Waals surface area contributed by atoms with Crippen LogP contribution in [0.5, 0.6) is 5.75 Å². The molecule has 0 fully saturated rings. The first-order valence-corrected chi connectivity index (χ1v) is 7.56. The first-order valence-electron chi connectivity index (χ1n) is 5.53. The van der Waals surface area contributed by atoms with Gasteiger partial charge in [-0.25, -0.2) is 8.42 Å². The lowest BCUT2D eigenvalue weighted by Gasteiger charge is -2.19. The normalized spacial score (nSPS) is 12.4. The highest BCUT2D eigenvalue weighted by molar-refractivity contribution is 7.92. The second-order valence-electron chi connectivity index (χ2n) is 4.96. The van der Waals surface area contributed by atoms with E-state index < -0.39 is 14.6 Å². The maximum absolute atomic E-state index is 11.8. The van der Waals surface area contributed by atoms with Gasteiger partial charge in [0.1, 0.15) is 12.4 Å². The van der Waals surface area contributed by atoms with Crippen molar-refractivity contribution in [3.63, 3.8) is 0 Å². The summed E-state index contributed by atoms with van der Waals surface area (Å²) in [7, 11) is -3.17. The molecule has 6 heteroatoms. The molecule has 18 heavy (non-hydrogen) atoms. The summed E-state index contributed by atoms with van der Waals surface area (Å²) in [5.74, 6) is 0.483. The Morgan fingerprint density at radius 2 is 1.94 bits per heavy atom. The van der Waals surface area contributed by atoms with Crippen LogP contribution in [-0.2, 0) is 9.84 Å². The largest absolute Gasteiger partial charge is 0.492 e. The summed E-state index contributed by atoms with van der Waals surface area (Å²) in [6.45, 7) is 5.10. The van der Waals surface area contributed by atoms with Crippen molar-refractivity contribution in [2.24, 2.45) is 0 Å². The zero-order chi connectivity index (χ0) is 14.0. The number of anilines is 1. The molecule has 2 N–H and O–H groups in total. The van der Waals surface area contributed by atoms with Gasteiger partial charge in [0.15, 0.2) is 9.84 Å². The van der Waals surface area contributed by atoms with Gasteiger partial charge in [-0.1, -0.05) is 11.6 Å². The van der Waals surface area contributed by atoms with E-state index in [-0.39, 0.29) is 12.4 Å². The molecule has 0 aliphatic rings. The molecule has 102 valence electrons. The highest BCUT2D eigenvalue weighted by atomic mass is 35.5. The molecule has 1 rings (SSSR count). The van der Waals surface area contributed by atoms with Crippen molar-refractivity contribution in [2.45, 2.75) is 25.5 Å². The van der Waals surface area contributed by atoms with Crippen LogP contribution >= 0.6 is 11.6 Å². The van der Waals surface area contributed by atoms with Crippen molar-refractivity contribution in [1.82, 2.24) is 0 Å². The van der Waals surface area contributed by atoms with Crippen LogP contribution < -0.4 is 10.5 Å². The van der Waals surface area contributed by atoms with E-state index in [0.717, 1.165) is 0 Å². The van der Waals surface area contributed by atoms with Crippen LogP contribution in [-0.4, -0.2) is 25.5 Å². The van der Waals surface area contributed by atoms with Gasteiger partial charge < -0.3 is 10.5 Å². The predicted octanol–water partition coefficient (Wildman–Crippen LogP) is 2.51. The van der Waals surface area contributed by atoms with Crippen molar-refractivity contribution >= 4 is 27.1 Å². The number of ether oxygens (including phenoxy) is 1. The van der Waals surface area contributed by atoms with Gasteiger partial charge in [0.05, 0.1) is 21.2 Å². The first-order chi connectivity index (χ1) is 8.13. The first kappa shape index (κ1) is 15.1. The van der Waals surface area contributed by atoms with Crippen molar-refractivity contribution in [3.8, 4) is 5.75 Å². The van der Waals surface area contributed by atoms with Gasteiger partial charge in [-0.2, -0.15) is 0 Å². The molecule has 1 aromatic rings. The van der Waals surface area contributed by atoms with Crippen molar-refractivity contribution in [2.75, 3.05) is 18.1 Å². The van der Waals surface area contributed by atoms with E-state index in [1.165, 1.54) is 0 Å². The second kappa shape index (κ2) is 5.36. The van der Waals surface area contributed by atoms with E-state index >= 15 is 0 Å². The Hall–Kier alpha value is -0.940. The summed E-state index contributed by atoms with van der Waals surface area (Å²) >= 11 is 5.83. The summed E-state index contributed by atoms with van der Waals surface area (Å²) in [6, 6.07) is 4.85. The fourth-order valence-corrected chi connectivity index (χ4v) is 2.26. The van der Waals surface area contributed by atoms with E-state index in [9.17, 15) is 8.42 Å². The Morgan fingerprint density at radius 3 is 2.44 bits per heavy atom. The lowest BCUT2D eigenvalue weighted by Crippen LogP contribution is -2.32. The van der Waals surface area contributed by atoms with Crippen molar-refractivity contribution in [1.29, 1.82) is 0 Å². The molecule has 0 heterocycles. The van der Waals surface area contributed by atoms with Crippen molar-refractivity contribution < 1.29 is 13.2 Å². The van der Waals surface area contributed by atoms with Crippen molar-refractivity contribution in [3.05, 3.63) is 23.2 Å². The number of nitrogens with two attached hydrogens (primary N) is 1.